The van der Waals surface area contributed by atoms with Crippen LogP contribution in [-0.4, -0.2) is 107 Å². The summed E-state index contributed by atoms with van der Waals surface area (Å²) in [4.78, 5) is 49.6. The Bertz CT molecular complexity index is 3360. The number of aryl methyl sites for hydroxylation is 1. The van der Waals surface area contributed by atoms with Crippen molar-refractivity contribution in [3.63, 3.8) is 0 Å². The maximum Gasteiger partial charge on any atom is 0.246 e. The molecule has 10 rings (SSSR count). The third-order valence-corrected chi connectivity index (χ3v) is 13.7. The predicted molar refractivity (Wildman–Crippen MR) is 270 cm³/mol. The molecule has 0 unspecified atom stereocenters. The van der Waals surface area contributed by atoms with Gasteiger partial charge in [0.1, 0.15) is 41.1 Å². The number of phenolic OH excluding ortho intramolecular Hbond substituents is 1. The number of fused-ring (bicyclic) bond motifs is 4. The fourth-order valence-corrected chi connectivity index (χ4v) is 10.7. The highest BCUT2D eigenvalue weighted by molar-refractivity contribution is 6.35. The van der Waals surface area contributed by atoms with Crippen molar-refractivity contribution in [1.29, 1.82) is 0 Å². The number of hydrogen-bond acceptors (Lipinski definition) is 10. The van der Waals surface area contributed by atoms with Gasteiger partial charge in [-0.3, -0.25) is 14.7 Å². The van der Waals surface area contributed by atoms with E-state index in [2.05, 4.69) is 53.1 Å². The third kappa shape index (κ3) is 8.33. The first-order valence-corrected chi connectivity index (χ1v) is 23.2. The van der Waals surface area contributed by atoms with Crippen LogP contribution in [-0.2, 0) is 9.59 Å². The first-order chi connectivity index (χ1) is 33.1. The highest BCUT2D eigenvalue weighted by Gasteiger charge is 2.35. The number of halogens is 4. The van der Waals surface area contributed by atoms with E-state index in [-0.39, 0.29) is 73.9 Å². The van der Waals surface area contributed by atoms with Gasteiger partial charge in [-0.05, 0) is 92.9 Å². The van der Waals surface area contributed by atoms with Gasteiger partial charge in [0.15, 0.2) is 11.6 Å². The van der Waals surface area contributed by atoms with Crippen LogP contribution in [0.2, 0.25) is 10.0 Å². The van der Waals surface area contributed by atoms with Crippen molar-refractivity contribution in [3.8, 4) is 28.0 Å². The molecule has 13 nitrogen and oxygen atoms in total. The molecule has 69 heavy (non-hydrogen) atoms. The fourth-order valence-electron chi connectivity index (χ4n) is 10.2. The van der Waals surface area contributed by atoms with Gasteiger partial charge in [-0.1, -0.05) is 72.8 Å². The summed E-state index contributed by atoms with van der Waals surface area (Å²) in [6.07, 6.45) is 7.07. The Morgan fingerprint density at radius 3 is 1.72 bits per heavy atom. The Morgan fingerprint density at radius 2 is 1.19 bits per heavy atom. The van der Waals surface area contributed by atoms with Gasteiger partial charge >= 0.3 is 0 Å². The van der Waals surface area contributed by atoms with Crippen molar-refractivity contribution in [3.05, 3.63) is 132 Å². The zero-order valence-electron chi connectivity index (χ0n) is 38.5. The smallest absolute Gasteiger partial charge is 0.246 e. The first-order valence-electron chi connectivity index (χ1n) is 22.4. The van der Waals surface area contributed by atoms with Crippen molar-refractivity contribution >= 4 is 90.1 Å². The van der Waals surface area contributed by atoms with Gasteiger partial charge in [-0.25, -0.2) is 28.7 Å². The molecule has 4 atom stereocenters. The maximum atomic E-state index is 16.1. The van der Waals surface area contributed by atoms with Crippen LogP contribution in [0, 0.1) is 18.6 Å². The molecule has 352 valence electrons. The summed E-state index contributed by atoms with van der Waals surface area (Å²) in [5.41, 5.74) is 3.56. The molecule has 8 aromatic rings. The summed E-state index contributed by atoms with van der Waals surface area (Å²) in [6, 6.07) is 17.6. The van der Waals surface area contributed by atoms with Crippen molar-refractivity contribution < 1.29 is 23.5 Å². The molecule has 0 radical (unpaired) electrons. The average molecular weight is 970 g/mol. The van der Waals surface area contributed by atoms with Crippen LogP contribution in [0.25, 0.3) is 65.7 Å². The van der Waals surface area contributed by atoms with Crippen LogP contribution in [0.4, 0.5) is 20.4 Å². The van der Waals surface area contributed by atoms with Gasteiger partial charge < -0.3 is 24.7 Å². The number of anilines is 2. The molecule has 5 aromatic carbocycles. The average Bonchev–Trinajstić information content (AvgIpc) is 3.81. The highest BCUT2D eigenvalue weighted by atomic mass is 35.5. The summed E-state index contributed by atoms with van der Waals surface area (Å²) in [5, 5.41) is 21.3. The Morgan fingerprint density at radius 1 is 0.681 bits per heavy atom. The lowest BCUT2D eigenvalue weighted by Crippen LogP contribution is -2.58. The summed E-state index contributed by atoms with van der Waals surface area (Å²) in [5.74, 6) is -0.119. The molecule has 0 saturated carbocycles. The van der Waals surface area contributed by atoms with E-state index in [1.165, 1.54) is 30.9 Å². The third-order valence-electron chi connectivity index (χ3n) is 13.1. The summed E-state index contributed by atoms with van der Waals surface area (Å²) < 4.78 is 32.2. The number of piperazine rings is 2. The second kappa shape index (κ2) is 18.7. The lowest BCUT2D eigenvalue weighted by Gasteiger charge is -2.45. The van der Waals surface area contributed by atoms with E-state index in [0.717, 1.165) is 27.2 Å². The number of H-pyrrole nitrogens is 1. The van der Waals surface area contributed by atoms with Crippen molar-refractivity contribution in [2.24, 2.45) is 0 Å². The molecule has 2 saturated heterocycles. The Hall–Kier alpha value is -7.23. The molecule has 5 heterocycles. The Balaban J connectivity index is 0.000000172. The van der Waals surface area contributed by atoms with E-state index in [1.54, 1.807) is 34.2 Å². The summed E-state index contributed by atoms with van der Waals surface area (Å²) in [7, 11) is 0. The number of phenols is 1. The second-order valence-corrected chi connectivity index (χ2v) is 18.5. The van der Waals surface area contributed by atoms with Crippen LogP contribution in [0.1, 0.15) is 33.3 Å². The minimum atomic E-state index is -0.576. The van der Waals surface area contributed by atoms with Gasteiger partial charge in [-0.15, -0.1) is 0 Å². The van der Waals surface area contributed by atoms with E-state index in [0.29, 0.717) is 59.7 Å². The summed E-state index contributed by atoms with van der Waals surface area (Å²) >= 11 is 13.4. The number of nitrogens with one attached hydrogen (secondary N) is 1. The number of carbonyl (C=O) groups is 2. The number of nitrogens with zero attached hydrogens (tertiary/aromatic N) is 9. The first kappa shape index (κ1) is 46.9. The zero-order valence-corrected chi connectivity index (χ0v) is 40.0. The van der Waals surface area contributed by atoms with E-state index in [1.807, 2.05) is 71.0 Å². The second-order valence-electron chi connectivity index (χ2n) is 17.7. The van der Waals surface area contributed by atoms with Gasteiger partial charge in [0.25, 0.3) is 0 Å². The fraction of sp³-hybridized carbons (Fsp3) is 0.250. The molecule has 0 aliphatic carbocycles. The topological polar surface area (TPSA) is 148 Å². The number of carbonyl (C=O) groups excluding carboxylic acids is 2. The molecule has 3 aromatic heterocycles. The normalized spacial score (nSPS) is 18.4. The number of aromatic amines is 1. The van der Waals surface area contributed by atoms with Crippen molar-refractivity contribution in [2.45, 2.75) is 58.8 Å². The van der Waals surface area contributed by atoms with Gasteiger partial charge in [0, 0.05) is 83.2 Å². The van der Waals surface area contributed by atoms with Gasteiger partial charge in [-0.2, -0.15) is 5.10 Å². The van der Waals surface area contributed by atoms with Gasteiger partial charge in [0.05, 0.1) is 21.8 Å². The molecule has 17 heteroatoms. The number of hydrogen-bond donors (Lipinski definition) is 2. The molecule has 0 bridgehead atoms. The molecule has 2 aliphatic heterocycles. The number of amides is 2. The molecular formula is C52H48Cl2F2N10O3. The highest BCUT2D eigenvalue weighted by Crippen LogP contribution is 2.44. The monoisotopic (exact) mass is 968 g/mol. The predicted octanol–water partition coefficient (Wildman–Crippen LogP) is 10.4. The van der Waals surface area contributed by atoms with E-state index in [4.69, 9.17) is 23.2 Å². The minimum absolute atomic E-state index is 0.0206. The van der Waals surface area contributed by atoms with Crippen LogP contribution < -0.4 is 9.80 Å². The molecule has 2 fully saturated rings. The van der Waals surface area contributed by atoms with Crippen LogP contribution in [0.5, 0.6) is 5.75 Å². The quantitative estimate of drug-likeness (QED) is 0.154. The number of aromatic hydroxyl groups is 1. The van der Waals surface area contributed by atoms with Crippen LogP contribution in [0.3, 0.4) is 0 Å². The molecule has 2 aliphatic rings. The van der Waals surface area contributed by atoms with Crippen molar-refractivity contribution in [1.82, 2.24) is 39.9 Å². The standard InChI is InChI=1S/C27H24ClFN4O2.C25H24ClFN6O/c1-4-23(35)32-12-15(2)33(16(3)13-32)27-21-11-22(28)24(25(29)26(21)30-14-31-27)20-10-18(34)9-17-7-5-6-8-19(17)20;1-5-19(34)32-10-14(3)33(15(4)11-32)25-17-8-18(26)21(22(27)24(17)28-12-29-25)20-13(2)6-7-16-9-30-31-23(16)20/h4-11,14-16,34H,1,12-13H2,2-3H3;5-9,12,14-15H,1,10-11H2,2-4H3,(H,30,31)/t15-,16+;14-,15+. The van der Waals surface area contributed by atoms with Crippen LogP contribution >= 0.6 is 23.2 Å². The molecule has 2 N–H and O–H groups in total. The lowest BCUT2D eigenvalue weighted by atomic mass is 9.96. The van der Waals surface area contributed by atoms with Crippen LogP contribution in [0.15, 0.2) is 105 Å². The largest absolute Gasteiger partial charge is 0.508 e. The Kier molecular flexibility index (Phi) is 12.7. The molecule has 2 amide bonds. The van der Waals surface area contributed by atoms with E-state index < -0.39 is 11.6 Å². The van der Waals surface area contributed by atoms with E-state index >= 15 is 8.78 Å². The zero-order chi connectivity index (χ0) is 49.0. The number of benzene rings is 5. The summed E-state index contributed by atoms with van der Waals surface area (Å²) in [6.45, 7) is 19.1. The minimum Gasteiger partial charge on any atom is -0.508 e. The lowest BCUT2D eigenvalue weighted by molar-refractivity contribution is -0.128. The maximum absolute atomic E-state index is 16.1. The number of rotatable bonds is 6. The molecular weight excluding hydrogens is 922 g/mol. The molecule has 0 spiro atoms. The van der Waals surface area contributed by atoms with E-state index in [9.17, 15) is 14.7 Å². The SMILES string of the molecule is C=CC(=O)N1C[C@@H](C)N(c2ncnc3c(F)c(-c4c(C)ccc5cn[nH]c45)c(Cl)cc23)[C@@H](C)C1.C=CC(=O)N1C[C@@H](C)N(c2ncnc3c(F)c(-c4cc(O)cc5ccccc45)c(Cl)cc23)[C@@H](C)C1. The van der Waals surface area contributed by atoms with Crippen molar-refractivity contribution in [2.75, 3.05) is 36.0 Å². The van der Waals surface area contributed by atoms with Gasteiger partial charge in [0.2, 0.25) is 11.8 Å². The number of aromatic nitrogens is 6. The Labute approximate surface area is 406 Å².